The summed E-state index contributed by atoms with van der Waals surface area (Å²) in [4.78, 5) is 50.5. The molecular formula is C20H26N4O6. The molecule has 2 amide bonds. The Labute approximate surface area is 172 Å². The minimum absolute atomic E-state index is 0.168. The van der Waals surface area contributed by atoms with Crippen molar-refractivity contribution in [2.75, 3.05) is 0 Å². The van der Waals surface area contributed by atoms with Crippen LogP contribution in [0.2, 0.25) is 0 Å². The van der Waals surface area contributed by atoms with Gasteiger partial charge in [-0.05, 0) is 24.0 Å². The molecule has 1 heterocycles. The normalized spacial score (nSPS) is 14.1. The number of para-hydroxylation sites is 1. The molecular weight excluding hydrogens is 392 g/mol. The molecule has 0 bridgehead atoms. The number of nitrogens with two attached hydrogens (primary N) is 1. The number of amides is 2. The maximum absolute atomic E-state index is 12.5. The van der Waals surface area contributed by atoms with E-state index in [1.54, 1.807) is 20.0 Å². The summed E-state index contributed by atoms with van der Waals surface area (Å²) in [5.74, 6) is -4.62. The van der Waals surface area contributed by atoms with E-state index in [0.29, 0.717) is 0 Å². The highest BCUT2D eigenvalue weighted by Gasteiger charge is 2.31. The number of benzene rings is 1. The van der Waals surface area contributed by atoms with E-state index in [9.17, 15) is 24.3 Å². The summed E-state index contributed by atoms with van der Waals surface area (Å²) >= 11 is 0. The van der Waals surface area contributed by atoms with Gasteiger partial charge < -0.3 is 31.6 Å². The van der Waals surface area contributed by atoms with E-state index in [1.165, 1.54) is 0 Å². The summed E-state index contributed by atoms with van der Waals surface area (Å²) in [6.45, 7) is 3.20. The van der Waals surface area contributed by atoms with Crippen LogP contribution in [0.1, 0.15) is 25.8 Å². The molecule has 30 heavy (non-hydrogen) atoms. The molecule has 162 valence electrons. The Bertz CT molecular complexity index is 938. The van der Waals surface area contributed by atoms with Crippen LogP contribution in [0.5, 0.6) is 0 Å². The molecule has 10 heteroatoms. The summed E-state index contributed by atoms with van der Waals surface area (Å²) < 4.78 is 0. The monoisotopic (exact) mass is 418 g/mol. The van der Waals surface area contributed by atoms with Crippen molar-refractivity contribution in [3.63, 3.8) is 0 Å². The molecule has 1 aromatic carbocycles. The lowest BCUT2D eigenvalue weighted by molar-refractivity contribution is -0.144. The van der Waals surface area contributed by atoms with Crippen LogP contribution in [0.3, 0.4) is 0 Å². The largest absolute Gasteiger partial charge is 0.481 e. The van der Waals surface area contributed by atoms with Gasteiger partial charge in [-0.3, -0.25) is 14.4 Å². The third kappa shape index (κ3) is 5.80. The number of carbonyl (C=O) groups is 4. The average molecular weight is 418 g/mol. The molecule has 0 radical (unpaired) electrons. The van der Waals surface area contributed by atoms with Crippen LogP contribution in [-0.4, -0.2) is 57.1 Å². The molecule has 0 saturated carbocycles. The van der Waals surface area contributed by atoms with E-state index in [4.69, 9.17) is 10.8 Å². The Kier molecular flexibility index (Phi) is 7.54. The van der Waals surface area contributed by atoms with Gasteiger partial charge in [0.05, 0.1) is 12.5 Å². The molecule has 10 nitrogen and oxygen atoms in total. The Balaban J connectivity index is 2.08. The van der Waals surface area contributed by atoms with Crippen molar-refractivity contribution in [2.24, 2.45) is 11.7 Å². The minimum Gasteiger partial charge on any atom is -0.481 e. The van der Waals surface area contributed by atoms with Gasteiger partial charge >= 0.3 is 11.9 Å². The molecule has 0 aliphatic carbocycles. The molecule has 7 N–H and O–H groups in total. The first-order valence-electron chi connectivity index (χ1n) is 9.46. The zero-order valence-corrected chi connectivity index (χ0v) is 16.7. The smallest absolute Gasteiger partial charge is 0.326 e. The summed E-state index contributed by atoms with van der Waals surface area (Å²) in [6, 6.07) is 3.78. The number of aromatic nitrogens is 1. The fourth-order valence-electron chi connectivity index (χ4n) is 3.06. The number of fused-ring (bicyclic) bond motifs is 1. The van der Waals surface area contributed by atoms with Crippen LogP contribution in [0.25, 0.3) is 10.9 Å². The number of hydrogen-bond donors (Lipinski definition) is 6. The van der Waals surface area contributed by atoms with Crippen molar-refractivity contribution in [3.8, 4) is 0 Å². The number of aliphatic carboxylic acids is 2. The van der Waals surface area contributed by atoms with E-state index in [0.717, 1.165) is 16.5 Å². The Morgan fingerprint density at radius 3 is 2.33 bits per heavy atom. The third-order valence-corrected chi connectivity index (χ3v) is 4.69. The predicted octanol–water partition coefficient (Wildman–Crippen LogP) is 0.223. The van der Waals surface area contributed by atoms with Crippen molar-refractivity contribution in [3.05, 3.63) is 36.0 Å². The lowest BCUT2D eigenvalue weighted by Crippen LogP contribution is -2.56. The van der Waals surface area contributed by atoms with Gasteiger partial charge in [0.1, 0.15) is 12.1 Å². The maximum Gasteiger partial charge on any atom is 0.326 e. The molecule has 0 saturated heterocycles. The Morgan fingerprint density at radius 1 is 1.07 bits per heavy atom. The molecule has 0 aliphatic rings. The summed E-state index contributed by atoms with van der Waals surface area (Å²) in [7, 11) is 0. The van der Waals surface area contributed by atoms with E-state index in [1.807, 2.05) is 24.3 Å². The zero-order valence-electron chi connectivity index (χ0n) is 16.7. The van der Waals surface area contributed by atoms with Gasteiger partial charge in [0.2, 0.25) is 11.8 Å². The van der Waals surface area contributed by atoms with Gasteiger partial charge in [0.15, 0.2) is 0 Å². The fourth-order valence-corrected chi connectivity index (χ4v) is 3.06. The number of nitrogens with one attached hydrogen (secondary N) is 3. The third-order valence-electron chi connectivity index (χ3n) is 4.69. The highest BCUT2D eigenvalue weighted by atomic mass is 16.4. The molecule has 2 aromatic rings. The number of carbonyl (C=O) groups excluding carboxylic acids is 2. The van der Waals surface area contributed by atoms with E-state index < -0.39 is 54.2 Å². The number of carboxylic acid groups (broad SMARTS) is 2. The van der Waals surface area contributed by atoms with Crippen LogP contribution in [-0.2, 0) is 25.6 Å². The quantitative estimate of drug-likeness (QED) is 0.320. The standard InChI is InChI=1S/C20H26N4O6/c1-10(2)17(20(29)30)24-19(28)15(8-16(25)26)23-18(27)13(21)7-11-9-22-14-6-4-3-5-12(11)14/h3-6,9-10,13,15,17,22H,7-8,21H2,1-2H3,(H,23,27)(H,24,28)(H,25,26)(H,29,30)/t13-,15-,17-/m0/s1. The van der Waals surface area contributed by atoms with Crippen molar-refractivity contribution in [2.45, 2.75) is 44.8 Å². The molecule has 0 spiro atoms. The number of hydrogen-bond acceptors (Lipinski definition) is 5. The first-order chi connectivity index (χ1) is 14.1. The SMILES string of the molecule is CC(C)[C@H](NC(=O)[C@H](CC(=O)O)NC(=O)[C@@H](N)Cc1c[nH]c2ccccc12)C(=O)O. The van der Waals surface area contributed by atoms with Crippen LogP contribution in [0, 0.1) is 5.92 Å². The van der Waals surface area contributed by atoms with E-state index in [-0.39, 0.29) is 6.42 Å². The Morgan fingerprint density at radius 2 is 1.73 bits per heavy atom. The molecule has 3 atom stereocenters. The number of H-pyrrole nitrogens is 1. The lowest BCUT2D eigenvalue weighted by Gasteiger charge is -2.23. The van der Waals surface area contributed by atoms with E-state index >= 15 is 0 Å². The van der Waals surface area contributed by atoms with Crippen LogP contribution in [0.15, 0.2) is 30.5 Å². The van der Waals surface area contributed by atoms with Crippen molar-refractivity contribution in [1.82, 2.24) is 15.6 Å². The first-order valence-corrected chi connectivity index (χ1v) is 9.46. The van der Waals surface area contributed by atoms with Crippen molar-refractivity contribution in [1.29, 1.82) is 0 Å². The highest BCUT2D eigenvalue weighted by molar-refractivity contribution is 5.94. The second-order valence-corrected chi connectivity index (χ2v) is 7.40. The number of aromatic amines is 1. The number of carboxylic acids is 2. The van der Waals surface area contributed by atoms with Crippen molar-refractivity contribution < 1.29 is 29.4 Å². The van der Waals surface area contributed by atoms with Gasteiger partial charge in [0, 0.05) is 17.1 Å². The molecule has 0 unspecified atom stereocenters. The fraction of sp³-hybridized carbons (Fsp3) is 0.400. The zero-order chi connectivity index (χ0) is 22.4. The van der Waals surface area contributed by atoms with E-state index in [2.05, 4.69) is 15.6 Å². The first kappa shape index (κ1) is 22.9. The highest BCUT2D eigenvalue weighted by Crippen LogP contribution is 2.18. The van der Waals surface area contributed by atoms with Gasteiger partial charge in [-0.1, -0.05) is 32.0 Å². The minimum atomic E-state index is -1.45. The van der Waals surface area contributed by atoms with Crippen molar-refractivity contribution >= 4 is 34.7 Å². The Hall–Kier alpha value is -3.40. The molecule has 0 fully saturated rings. The summed E-state index contributed by atoms with van der Waals surface area (Å²) in [6.07, 6.45) is 1.20. The summed E-state index contributed by atoms with van der Waals surface area (Å²) in [5, 5.41) is 23.8. The van der Waals surface area contributed by atoms with Gasteiger partial charge in [-0.25, -0.2) is 4.79 Å². The van der Waals surface area contributed by atoms with Crippen LogP contribution in [0.4, 0.5) is 0 Å². The second kappa shape index (κ2) is 9.88. The molecule has 1 aromatic heterocycles. The average Bonchev–Trinajstić information content (AvgIpc) is 3.07. The lowest BCUT2D eigenvalue weighted by atomic mass is 10.0. The maximum atomic E-state index is 12.5. The number of rotatable bonds is 10. The molecule has 0 aliphatic heterocycles. The predicted molar refractivity (Wildman–Crippen MR) is 109 cm³/mol. The second-order valence-electron chi connectivity index (χ2n) is 7.40. The van der Waals surface area contributed by atoms with Crippen LogP contribution < -0.4 is 16.4 Å². The van der Waals surface area contributed by atoms with Gasteiger partial charge in [0.25, 0.3) is 0 Å². The summed E-state index contributed by atoms with van der Waals surface area (Å²) in [5.41, 5.74) is 7.67. The topological polar surface area (TPSA) is 175 Å². The van der Waals surface area contributed by atoms with Gasteiger partial charge in [-0.15, -0.1) is 0 Å². The van der Waals surface area contributed by atoms with Gasteiger partial charge in [-0.2, -0.15) is 0 Å². The van der Waals surface area contributed by atoms with Crippen LogP contribution >= 0.6 is 0 Å². The molecule has 2 rings (SSSR count).